The number of anilines is 2. The van der Waals surface area contributed by atoms with Crippen LogP contribution in [0.15, 0.2) is 24.7 Å². The molecule has 2 aromatic rings. The quantitative estimate of drug-likeness (QED) is 0.444. The van der Waals surface area contributed by atoms with Gasteiger partial charge in [0.25, 0.3) is 5.92 Å². The summed E-state index contributed by atoms with van der Waals surface area (Å²) in [5.41, 5.74) is 4.69. The number of rotatable bonds is 8. The molecule has 0 aromatic carbocycles. The van der Waals surface area contributed by atoms with Crippen LogP contribution in [0.1, 0.15) is 26.2 Å². The molecule has 1 aliphatic carbocycles. The summed E-state index contributed by atoms with van der Waals surface area (Å²) in [5, 5.41) is 2.50. The second-order valence-corrected chi connectivity index (χ2v) is 10.3. The molecule has 3 fully saturated rings. The van der Waals surface area contributed by atoms with Crippen molar-refractivity contribution in [1.82, 2.24) is 29.7 Å². The zero-order valence-corrected chi connectivity index (χ0v) is 25.1. The van der Waals surface area contributed by atoms with Gasteiger partial charge < -0.3 is 29.8 Å². The van der Waals surface area contributed by atoms with Crippen molar-refractivity contribution in [3.8, 4) is 11.8 Å². The van der Waals surface area contributed by atoms with Crippen LogP contribution in [0.25, 0.3) is 5.48 Å². The van der Waals surface area contributed by atoms with Crippen molar-refractivity contribution in [1.29, 1.82) is 0 Å². The first-order chi connectivity index (χ1) is 18.2. The SMILES string of the molecule is CCOc1cnc(NC(=O)N(C)C2CN(c3nccc(O[N-]C4CC5(C4)CN(C)C5)n3)CCC2(F)F)cn1.[Y]. The maximum absolute atomic E-state index is 14.9. The van der Waals surface area contributed by atoms with E-state index in [4.69, 9.17) is 9.57 Å². The summed E-state index contributed by atoms with van der Waals surface area (Å²) in [6, 6.07) is -0.432. The van der Waals surface area contributed by atoms with Gasteiger partial charge in [0, 0.05) is 84.6 Å². The zero-order valence-electron chi connectivity index (χ0n) is 22.3. The molecule has 4 heterocycles. The van der Waals surface area contributed by atoms with Crippen molar-refractivity contribution in [2.24, 2.45) is 5.41 Å². The molecule has 12 nitrogen and oxygen atoms in total. The molecule has 2 aromatic heterocycles. The molecular formula is C24H32F2N9O3Y-. The third-order valence-corrected chi connectivity index (χ3v) is 7.28. The molecule has 5 rings (SSSR count). The zero-order chi connectivity index (χ0) is 26.9. The fourth-order valence-corrected chi connectivity index (χ4v) is 5.45. The van der Waals surface area contributed by atoms with E-state index in [2.05, 4.69) is 42.7 Å². The van der Waals surface area contributed by atoms with E-state index in [0.29, 0.717) is 17.9 Å². The summed E-state index contributed by atoms with van der Waals surface area (Å²) >= 11 is 0. The van der Waals surface area contributed by atoms with Gasteiger partial charge in [0.05, 0.1) is 19.0 Å². The summed E-state index contributed by atoms with van der Waals surface area (Å²) in [6.45, 7) is 4.29. The van der Waals surface area contributed by atoms with Gasteiger partial charge in [0.2, 0.25) is 17.7 Å². The molecule has 209 valence electrons. The van der Waals surface area contributed by atoms with Crippen molar-refractivity contribution in [2.75, 3.05) is 57.1 Å². The molecule has 2 aliphatic heterocycles. The summed E-state index contributed by atoms with van der Waals surface area (Å²) in [7, 11) is 3.43. The number of carbonyl (C=O) groups excluding carboxylic acids is 1. The normalized spacial score (nSPS) is 21.8. The number of alkyl halides is 2. The number of aromatic nitrogens is 4. The molecule has 1 saturated carbocycles. The predicted octanol–water partition coefficient (Wildman–Crippen LogP) is 2.80. The van der Waals surface area contributed by atoms with Gasteiger partial charge in [-0.15, -0.1) is 6.04 Å². The molecule has 1 spiro atoms. The van der Waals surface area contributed by atoms with Crippen LogP contribution < -0.4 is 19.8 Å². The largest absolute Gasteiger partial charge is 0.573 e. The van der Waals surface area contributed by atoms with Gasteiger partial charge in [0.1, 0.15) is 6.04 Å². The third kappa shape index (κ3) is 6.72. The predicted molar refractivity (Wildman–Crippen MR) is 135 cm³/mol. The maximum atomic E-state index is 14.9. The molecule has 39 heavy (non-hydrogen) atoms. The van der Waals surface area contributed by atoms with E-state index in [0.717, 1.165) is 30.8 Å². The monoisotopic (exact) mass is 621 g/mol. The molecule has 2 saturated heterocycles. The van der Waals surface area contributed by atoms with Gasteiger partial charge in [-0.25, -0.2) is 28.5 Å². The van der Waals surface area contributed by atoms with Crippen LogP contribution in [0.4, 0.5) is 25.3 Å². The number of hydrogen-bond acceptors (Lipinski definition) is 9. The van der Waals surface area contributed by atoms with Gasteiger partial charge in [-0.1, -0.05) is 12.8 Å². The van der Waals surface area contributed by atoms with Gasteiger partial charge in [-0.2, -0.15) is 4.98 Å². The van der Waals surface area contributed by atoms with Gasteiger partial charge in [0.15, 0.2) is 5.82 Å². The Hall–Kier alpha value is -2.29. The van der Waals surface area contributed by atoms with E-state index in [1.807, 2.05) is 6.92 Å². The summed E-state index contributed by atoms with van der Waals surface area (Å²) < 4.78 is 35.1. The number of urea groups is 1. The Balaban J connectivity index is 0.00000353. The fourth-order valence-electron chi connectivity index (χ4n) is 5.45. The number of likely N-dealkylation sites (N-methyl/N-ethyl adjacent to an activating group) is 1. The van der Waals surface area contributed by atoms with E-state index in [1.165, 1.54) is 25.6 Å². The van der Waals surface area contributed by atoms with Crippen molar-refractivity contribution in [3.63, 3.8) is 0 Å². The Kier molecular flexibility index (Phi) is 9.19. The number of carbonyl (C=O) groups is 1. The number of ether oxygens (including phenoxy) is 1. The number of hydroxylamine groups is 1. The fraction of sp³-hybridized carbons (Fsp3) is 0.625. The van der Waals surface area contributed by atoms with Gasteiger partial charge >= 0.3 is 6.03 Å². The van der Waals surface area contributed by atoms with Crippen molar-refractivity contribution in [3.05, 3.63) is 30.1 Å². The maximum Gasteiger partial charge on any atom is 0.323 e. The molecular weight excluding hydrogens is 589 g/mol. The topological polar surface area (TPSA) is 123 Å². The number of hydrogen-bond donors (Lipinski definition) is 1. The van der Waals surface area contributed by atoms with Crippen LogP contribution in [0.2, 0.25) is 0 Å². The van der Waals surface area contributed by atoms with Crippen LogP contribution in [0, 0.1) is 5.41 Å². The Morgan fingerprint density at radius 3 is 2.67 bits per heavy atom. The summed E-state index contributed by atoms with van der Waals surface area (Å²) in [5.74, 6) is -2.17. The second-order valence-electron chi connectivity index (χ2n) is 10.3. The van der Waals surface area contributed by atoms with E-state index in [1.54, 1.807) is 11.0 Å². The first kappa shape index (κ1) is 29.7. The molecule has 1 unspecified atom stereocenters. The Morgan fingerprint density at radius 1 is 1.23 bits per heavy atom. The van der Waals surface area contributed by atoms with Gasteiger partial charge in [-0.05, 0) is 19.4 Å². The minimum Gasteiger partial charge on any atom is -0.573 e. The molecule has 3 aliphatic rings. The first-order valence-corrected chi connectivity index (χ1v) is 12.7. The molecule has 1 atom stereocenters. The minimum absolute atomic E-state index is 0. The summed E-state index contributed by atoms with van der Waals surface area (Å²) in [4.78, 5) is 39.9. The van der Waals surface area contributed by atoms with E-state index in [9.17, 15) is 13.6 Å². The number of likely N-dealkylation sites (tertiary alicyclic amines) is 1. The van der Waals surface area contributed by atoms with Crippen molar-refractivity contribution < 1.29 is 55.9 Å². The standard InChI is InChI=1S/C24H32F2N9O3.Y/c1-4-37-20-12-28-18(11-29-20)30-22(36)34(3)17-13-35(8-6-24(17,25)26)21-27-7-5-19(31-21)38-32-16-9-23(10-16)14-33(2)15-23;/h5,7,11-12,16-17H,4,6,8-10,13-15H2,1-3H3,(H,28,30,36);/q-1;. The number of nitrogens with one attached hydrogen (secondary N) is 1. The Morgan fingerprint density at radius 2 is 2.00 bits per heavy atom. The number of halogens is 2. The molecule has 2 amide bonds. The number of piperidine rings is 1. The number of nitrogens with zero attached hydrogens (tertiary/aromatic N) is 8. The molecule has 1 radical (unpaired) electrons. The minimum atomic E-state index is -3.10. The molecule has 1 N–H and O–H groups in total. The van der Waals surface area contributed by atoms with E-state index < -0.39 is 24.4 Å². The average molecular weight is 621 g/mol. The van der Waals surface area contributed by atoms with E-state index in [-0.39, 0.29) is 69.5 Å². The summed E-state index contributed by atoms with van der Waals surface area (Å²) in [6.07, 6.45) is 5.70. The number of amides is 2. The van der Waals surface area contributed by atoms with Crippen LogP contribution in [0.3, 0.4) is 0 Å². The average Bonchev–Trinajstić information content (AvgIpc) is 2.85. The molecule has 15 heteroatoms. The van der Waals surface area contributed by atoms with E-state index >= 15 is 0 Å². The van der Waals surface area contributed by atoms with Crippen molar-refractivity contribution in [2.45, 2.75) is 44.2 Å². The third-order valence-electron chi connectivity index (χ3n) is 7.28. The van der Waals surface area contributed by atoms with Crippen LogP contribution in [-0.2, 0) is 32.7 Å². The smallest absolute Gasteiger partial charge is 0.323 e. The van der Waals surface area contributed by atoms with Crippen LogP contribution in [0.5, 0.6) is 11.8 Å². The van der Waals surface area contributed by atoms with Crippen molar-refractivity contribution >= 4 is 17.8 Å². The Labute approximate surface area is 251 Å². The van der Waals surface area contributed by atoms with Crippen LogP contribution in [-0.4, -0.2) is 101 Å². The van der Waals surface area contributed by atoms with Crippen LogP contribution >= 0.6 is 0 Å². The Bertz CT molecular complexity index is 1130. The second kappa shape index (κ2) is 12.1. The van der Waals surface area contributed by atoms with Gasteiger partial charge in [-0.3, -0.25) is 5.32 Å². The molecule has 0 bridgehead atoms. The first-order valence-electron chi connectivity index (χ1n) is 12.7.